The van der Waals surface area contributed by atoms with Gasteiger partial charge < -0.3 is 10.6 Å². The van der Waals surface area contributed by atoms with Gasteiger partial charge in [0, 0.05) is 31.7 Å². The van der Waals surface area contributed by atoms with E-state index in [9.17, 15) is 4.79 Å². The highest BCUT2D eigenvalue weighted by molar-refractivity contribution is 5.81. The van der Waals surface area contributed by atoms with Crippen LogP contribution in [0.3, 0.4) is 0 Å². The van der Waals surface area contributed by atoms with Crippen molar-refractivity contribution in [3.8, 4) is 0 Å². The minimum absolute atomic E-state index is 0.189. The number of nitrogens with zero attached hydrogens (tertiary/aromatic N) is 2. The van der Waals surface area contributed by atoms with Crippen molar-refractivity contribution in [3.05, 3.63) is 35.9 Å². The Morgan fingerprint density at radius 2 is 1.75 bits per heavy atom. The van der Waals surface area contributed by atoms with Crippen LogP contribution in [-0.2, 0) is 11.2 Å². The molecule has 1 saturated carbocycles. The molecule has 4 nitrogen and oxygen atoms in total. The molecule has 1 aromatic rings. The van der Waals surface area contributed by atoms with E-state index in [0.717, 1.165) is 37.9 Å². The van der Waals surface area contributed by atoms with E-state index in [-0.39, 0.29) is 11.9 Å². The third kappa shape index (κ3) is 3.73. The number of amides is 1. The highest BCUT2D eigenvalue weighted by Gasteiger charge is 2.48. The smallest absolute Gasteiger partial charge is 0.239 e. The molecule has 5 rings (SSSR count). The fraction of sp³-hybridized carbons (Fsp3) is 0.708. The van der Waals surface area contributed by atoms with Gasteiger partial charge in [0.25, 0.3) is 0 Å². The summed E-state index contributed by atoms with van der Waals surface area (Å²) < 4.78 is 0. The fourth-order valence-corrected chi connectivity index (χ4v) is 6.34. The van der Waals surface area contributed by atoms with Gasteiger partial charge in [-0.3, -0.25) is 9.69 Å². The molecule has 1 aromatic carbocycles. The van der Waals surface area contributed by atoms with Crippen LogP contribution >= 0.6 is 0 Å². The first kappa shape index (κ1) is 18.6. The molecular formula is C24H35N3O. The average molecular weight is 382 g/mol. The number of rotatable bonds is 5. The highest BCUT2D eigenvalue weighted by atomic mass is 16.2. The Morgan fingerprint density at radius 1 is 1.00 bits per heavy atom. The van der Waals surface area contributed by atoms with Gasteiger partial charge in [-0.25, -0.2) is 0 Å². The van der Waals surface area contributed by atoms with Crippen molar-refractivity contribution in [2.75, 3.05) is 19.6 Å². The SMILES string of the molecule is N[C@@H](CCc1ccccc1)C(=O)N1C[C@@H]2C[C@H](C1)[C@@H]1CCC[C@H](C3CC3)N1C2. The quantitative estimate of drug-likeness (QED) is 0.853. The standard InChI is InChI=1S/C24H35N3O/c25-21(12-9-17-5-2-1-3-6-17)24(28)26-14-18-13-20(16-26)23-8-4-7-22(19-10-11-19)27(23)15-18/h1-3,5-6,18-23H,4,7-16,25H2/t18-,20+,21-,22+,23-/m0/s1. The number of nitrogens with two attached hydrogens (primary N) is 1. The molecule has 3 aliphatic heterocycles. The zero-order chi connectivity index (χ0) is 19.1. The molecule has 0 unspecified atom stereocenters. The normalized spacial score (nSPS) is 34.0. The first-order valence-corrected chi connectivity index (χ1v) is 11.5. The number of piperidine rings is 3. The van der Waals surface area contributed by atoms with Gasteiger partial charge in [-0.1, -0.05) is 36.8 Å². The van der Waals surface area contributed by atoms with Crippen molar-refractivity contribution < 1.29 is 4.79 Å². The monoisotopic (exact) mass is 381 g/mol. The molecule has 0 radical (unpaired) electrons. The number of likely N-dealkylation sites (tertiary alicyclic amines) is 1. The van der Waals surface area contributed by atoms with Crippen LogP contribution < -0.4 is 5.73 Å². The van der Waals surface area contributed by atoms with Crippen LogP contribution in [0, 0.1) is 17.8 Å². The topological polar surface area (TPSA) is 49.6 Å². The van der Waals surface area contributed by atoms with Gasteiger partial charge in [0.2, 0.25) is 5.91 Å². The minimum atomic E-state index is -0.360. The third-order valence-electron chi connectivity index (χ3n) is 7.82. The van der Waals surface area contributed by atoms with Crippen molar-refractivity contribution >= 4 is 5.91 Å². The summed E-state index contributed by atoms with van der Waals surface area (Å²) in [5.74, 6) is 2.48. The Balaban J connectivity index is 1.20. The van der Waals surface area contributed by atoms with Crippen molar-refractivity contribution in [2.24, 2.45) is 23.5 Å². The second kappa shape index (κ2) is 7.79. The summed E-state index contributed by atoms with van der Waals surface area (Å²) in [6.07, 6.45) is 9.97. The van der Waals surface area contributed by atoms with E-state index < -0.39 is 0 Å². The molecule has 0 aromatic heterocycles. The Kier molecular flexibility index (Phi) is 5.18. The molecule has 3 heterocycles. The molecule has 4 fully saturated rings. The maximum absolute atomic E-state index is 13.1. The lowest BCUT2D eigenvalue weighted by Gasteiger charge is -2.55. The zero-order valence-corrected chi connectivity index (χ0v) is 17.0. The van der Waals surface area contributed by atoms with Crippen LogP contribution in [0.1, 0.15) is 50.5 Å². The fourth-order valence-electron chi connectivity index (χ4n) is 6.34. The van der Waals surface area contributed by atoms with Gasteiger partial charge in [-0.2, -0.15) is 0 Å². The number of aryl methyl sites for hydroxylation is 1. The molecule has 3 saturated heterocycles. The van der Waals surface area contributed by atoms with Gasteiger partial charge in [0.05, 0.1) is 6.04 Å². The van der Waals surface area contributed by atoms with Crippen LogP contribution in [0.5, 0.6) is 0 Å². The number of fused-ring (bicyclic) bond motifs is 4. The van der Waals surface area contributed by atoms with E-state index in [0.29, 0.717) is 17.9 Å². The summed E-state index contributed by atoms with van der Waals surface area (Å²) in [6, 6.07) is 11.6. The molecule has 0 spiro atoms. The maximum Gasteiger partial charge on any atom is 0.239 e. The van der Waals surface area contributed by atoms with E-state index >= 15 is 0 Å². The molecular weight excluding hydrogens is 346 g/mol. The lowest BCUT2D eigenvalue weighted by molar-refractivity contribution is -0.140. The van der Waals surface area contributed by atoms with E-state index in [1.54, 1.807) is 0 Å². The summed E-state index contributed by atoms with van der Waals surface area (Å²) in [6.45, 7) is 3.08. The Labute approximate surface area is 169 Å². The Bertz CT molecular complexity index is 688. The molecule has 1 amide bonds. The number of benzene rings is 1. The third-order valence-corrected chi connectivity index (χ3v) is 7.82. The van der Waals surface area contributed by atoms with Crippen LogP contribution in [0.25, 0.3) is 0 Å². The van der Waals surface area contributed by atoms with Crippen molar-refractivity contribution in [1.29, 1.82) is 0 Å². The van der Waals surface area contributed by atoms with Gasteiger partial charge >= 0.3 is 0 Å². The van der Waals surface area contributed by atoms with E-state index in [1.165, 1.54) is 50.6 Å². The Hall–Kier alpha value is -1.39. The number of hydrogen-bond acceptors (Lipinski definition) is 3. The summed E-state index contributed by atoms with van der Waals surface area (Å²) in [5.41, 5.74) is 7.62. The Morgan fingerprint density at radius 3 is 2.50 bits per heavy atom. The predicted molar refractivity (Wildman–Crippen MR) is 112 cm³/mol. The van der Waals surface area contributed by atoms with Crippen LogP contribution in [0.2, 0.25) is 0 Å². The second-order valence-electron chi connectivity index (χ2n) is 9.84. The highest BCUT2D eigenvalue weighted by Crippen LogP contribution is 2.46. The predicted octanol–water partition coefficient (Wildman–Crippen LogP) is 3.06. The summed E-state index contributed by atoms with van der Waals surface area (Å²) in [7, 11) is 0. The largest absolute Gasteiger partial charge is 0.341 e. The number of hydrogen-bond donors (Lipinski definition) is 1. The maximum atomic E-state index is 13.1. The summed E-state index contributed by atoms with van der Waals surface area (Å²) in [4.78, 5) is 18.1. The lowest BCUT2D eigenvalue weighted by atomic mass is 9.74. The molecule has 5 atom stereocenters. The van der Waals surface area contributed by atoms with E-state index in [2.05, 4.69) is 34.1 Å². The lowest BCUT2D eigenvalue weighted by Crippen LogP contribution is -2.63. The molecule has 2 N–H and O–H groups in total. The molecule has 1 aliphatic carbocycles. The molecule has 2 bridgehead atoms. The summed E-state index contributed by atoms with van der Waals surface area (Å²) >= 11 is 0. The van der Waals surface area contributed by atoms with Gasteiger partial charge in [0.1, 0.15) is 0 Å². The number of carbonyl (C=O) groups is 1. The average Bonchev–Trinajstić information content (AvgIpc) is 3.57. The first-order valence-electron chi connectivity index (χ1n) is 11.5. The van der Waals surface area contributed by atoms with Crippen molar-refractivity contribution in [1.82, 2.24) is 9.80 Å². The zero-order valence-electron chi connectivity index (χ0n) is 17.0. The van der Waals surface area contributed by atoms with Gasteiger partial charge in [0.15, 0.2) is 0 Å². The summed E-state index contributed by atoms with van der Waals surface area (Å²) in [5, 5.41) is 0. The number of carbonyl (C=O) groups excluding carboxylic acids is 1. The van der Waals surface area contributed by atoms with E-state index in [1.807, 2.05) is 6.07 Å². The van der Waals surface area contributed by atoms with Crippen molar-refractivity contribution in [3.63, 3.8) is 0 Å². The van der Waals surface area contributed by atoms with Crippen LogP contribution in [0.4, 0.5) is 0 Å². The second-order valence-corrected chi connectivity index (χ2v) is 9.84. The van der Waals surface area contributed by atoms with Gasteiger partial charge in [-0.15, -0.1) is 0 Å². The van der Waals surface area contributed by atoms with Crippen LogP contribution in [-0.4, -0.2) is 53.5 Å². The molecule has 4 aliphatic rings. The molecule has 28 heavy (non-hydrogen) atoms. The minimum Gasteiger partial charge on any atom is -0.341 e. The molecule has 152 valence electrons. The van der Waals surface area contributed by atoms with E-state index in [4.69, 9.17) is 5.73 Å². The van der Waals surface area contributed by atoms with Crippen molar-refractivity contribution in [2.45, 2.75) is 69.5 Å². The first-order chi connectivity index (χ1) is 13.7. The van der Waals surface area contributed by atoms with Crippen LogP contribution in [0.15, 0.2) is 30.3 Å². The molecule has 4 heteroatoms. The van der Waals surface area contributed by atoms with Gasteiger partial charge in [-0.05, 0) is 68.3 Å².